The lowest BCUT2D eigenvalue weighted by atomic mass is 10.1. The van der Waals surface area contributed by atoms with Gasteiger partial charge >= 0.3 is 0 Å². The molecular formula is C11H9FN2. The third kappa shape index (κ3) is 1.71. The van der Waals surface area contributed by atoms with E-state index >= 15 is 0 Å². The first-order valence-electron chi connectivity index (χ1n) is 4.23. The van der Waals surface area contributed by atoms with Crippen molar-refractivity contribution in [3.8, 4) is 11.1 Å². The molecule has 2 nitrogen and oxygen atoms in total. The van der Waals surface area contributed by atoms with Crippen molar-refractivity contribution < 1.29 is 4.39 Å². The molecule has 0 amide bonds. The van der Waals surface area contributed by atoms with Crippen LogP contribution in [0.1, 0.15) is 0 Å². The van der Waals surface area contributed by atoms with Crippen LogP contribution in [0.5, 0.6) is 0 Å². The number of benzene rings is 1. The summed E-state index contributed by atoms with van der Waals surface area (Å²) in [5.41, 5.74) is 7.98. The smallest absolute Gasteiger partial charge is 0.213 e. The Bertz CT molecular complexity index is 437. The van der Waals surface area contributed by atoms with Gasteiger partial charge in [-0.3, -0.25) is 0 Å². The van der Waals surface area contributed by atoms with Crippen molar-refractivity contribution in [2.45, 2.75) is 0 Å². The highest BCUT2D eigenvalue weighted by molar-refractivity contribution is 5.64. The van der Waals surface area contributed by atoms with Crippen LogP contribution >= 0.6 is 0 Å². The van der Waals surface area contributed by atoms with Gasteiger partial charge in [0.25, 0.3) is 0 Å². The Labute approximate surface area is 81.2 Å². The summed E-state index contributed by atoms with van der Waals surface area (Å²) in [5, 5.41) is 0. The fourth-order valence-corrected chi connectivity index (χ4v) is 1.26. The molecule has 0 saturated carbocycles. The van der Waals surface area contributed by atoms with Gasteiger partial charge in [0, 0.05) is 18.0 Å². The van der Waals surface area contributed by atoms with Crippen molar-refractivity contribution >= 4 is 5.69 Å². The predicted molar refractivity (Wildman–Crippen MR) is 54.0 cm³/mol. The van der Waals surface area contributed by atoms with E-state index in [4.69, 9.17) is 5.73 Å². The van der Waals surface area contributed by atoms with E-state index in [9.17, 15) is 4.39 Å². The zero-order valence-electron chi connectivity index (χ0n) is 7.44. The molecule has 70 valence electrons. The highest BCUT2D eigenvalue weighted by Gasteiger charge is 1.98. The second-order valence-corrected chi connectivity index (χ2v) is 2.99. The lowest BCUT2D eigenvalue weighted by Gasteiger charge is -2.01. The molecule has 0 bridgehead atoms. The molecule has 2 aromatic rings. The molecule has 0 aliphatic heterocycles. The van der Waals surface area contributed by atoms with Crippen molar-refractivity contribution in [2.75, 3.05) is 5.73 Å². The normalized spacial score (nSPS) is 10.1. The van der Waals surface area contributed by atoms with Gasteiger partial charge in [-0.15, -0.1) is 0 Å². The summed E-state index contributed by atoms with van der Waals surface area (Å²) >= 11 is 0. The molecule has 2 rings (SSSR count). The van der Waals surface area contributed by atoms with Gasteiger partial charge in [0.15, 0.2) is 0 Å². The molecule has 14 heavy (non-hydrogen) atoms. The van der Waals surface area contributed by atoms with E-state index in [2.05, 4.69) is 4.98 Å². The molecule has 0 fully saturated rings. The van der Waals surface area contributed by atoms with Crippen LogP contribution in [0.4, 0.5) is 10.1 Å². The van der Waals surface area contributed by atoms with Gasteiger partial charge < -0.3 is 5.73 Å². The van der Waals surface area contributed by atoms with E-state index in [1.165, 1.54) is 12.3 Å². The summed E-state index contributed by atoms with van der Waals surface area (Å²) in [7, 11) is 0. The van der Waals surface area contributed by atoms with Crippen molar-refractivity contribution in [1.82, 2.24) is 4.98 Å². The monoisotopic (exact) mass is 188 g/mol. The van der Waals surface area contributed by atoms with E-state index in [1.807, 2.05) is 12.1 Å². The first-order valence-corrected chi connectivity index (χ1v) is 4.23. The molecule has 2 N–H and O–H groups in total. The van der Waals surface area contributed by atoms with Crippen LogP contribution in [0.25, 0.3) is 11.1 Å². The maximum absolute atomic E-state index is 12.8. The molecule has 0 aliphatic carbocycles. The van der Waals surface area contributed by atoms with Crippen LogP contribution in [-0.4, -0.2) is 4.98 Å². The highest BCUT2D eigenvalue weighted by atomic mass is 19.1. The minimum atomic E-state index is -0.473. The second-order valence-electron chi connectivity index (χ2n) is 2.99. The number of nitrogens with zero attached hydrogens (tertiary/aromatic N) is 1. The Morgan fingerprint density at radius 3 is 2.36 bits per heavy atom. The number of nitrogens with two attached hydrogens (primary N) is 1. The highest BCUT2D eigenvalue weighted by Crippen LogP contribution is 2.19. The number of hydrogen-bond donors (Lipinski definition) is 1. The standard InChI is InChI=1S/C11H9FN2/c12-11-7-9(5-6-14-11)8-1-3-10(13)4-2-8/h1-7H,13H2. The quantitative estimate of drug-likeness (QED) is 0.551. The molecule has 0 unspecified atom stereocenters. The molecule has 0 spiro atoms. The zero-order chi connectivity index (χ0) is 9.97. The number of pyridine rings is 1. The van der Waals surface area contributed by atoms with Crippen LogP contribution in [0.15, 0.2) is 42.6 Å². The average Bonchev–Trinajstić information content (AvgIpc) is 2.19. The maximum atomic E-state index is 12.8. The molecule has 1 aromatic heterocycles. The Kier molecular flexibility index (Phi) is 2.14. The average molecular weight is 188 g/mol. The van der Waals surface area contributed by atoms with Gasteiger partial charge in [-0.05, 0) is 29.3 Å². The van der Waals surface area contributed by atoms with Crippen LogP contribution in [0.3, 0.4) is 0 Å². The molecule has 1 heterocycles. The fourth-order valence-electron chi connectivity index (χ4n) is 1.26. The summed E-state index contributed by atoms with van der Waals surface area (Å²) in [6, 6.07) is 10.4. The summed E-state index contributed by atoms with van der Waals surface area (Å²) in [6.45, 7) is 0. The lowest BCUT2D eigenvalue weighted by molar-refractivity contribution is 0.584. The van der Waals surface area contributed by atoms with Crippen molar-refractivity contribution in [2.24, 2.45) is 0 Å². The Morgan fingerprint density at radius 2 is 1.71 bits per heavy atom. The molecule has 3 heteroatoms. The second kappa shape index (κ2) is 3.46. The first-order chi connectivity index (χ1) is 6.75. The summed E-state index contributed by atoms with van der Waals surface area (Å²) in [4.78, 5) is 3.49. The number of rotatable bonds is 1. The van der Waals surface area contributed by atoms with E-state index in [1.54, 1.807) is 18.2 Å². The van der Waals surface area contributed by atoms with Gasteiger partial charge in [-0.2, -0.15) is 4.39 Å². The van der Waals surface area contributed by atoms with Gasteiger partial charge in [-0.25, -0.2) is 4.98 Å². The minimum absolute atomic E-state index is 0.473. The molecule has 0 atom stereocenters. The van der Waals surface area contributed by atoms with E-state index in [0.717, 1.165) is 11.1 Å². The number of hydrogen-bond acceptors (Lipinski definition) is 2. The molecular weight excluding hydrogens is 179 g/mol. The topological polar surface area (TPSA) is 38.9 Å². The Morgan fingerprint density at radius 1 is 1.00 bits per heavy atom. The number of nitrogen functional groups attached to an aromatic ring is 1. The van der Waals surface area contributed by atoms with Crippen molar-refractivity contribution in [3.05, 3.63) is 48.5 Å². The third-order valence-corrected chi connectivity index (χ3v) is 1.97. The molecule has 0 aliphatic rings. The largest absolute Gasteiger partial charge is 0.399 e. The number of aromatic nitrogens is 1. The van der Waals surface area contributed by atoms with Crippen molar-refractivity contribution in [1.29, 1.82) is 0 Å². The van der Waals surface area contributed by atoms with Crippen LogP contribution in [0.2, 0.25) is 0 Å². The summed E-state index contributed by atoms with van der Waals surface area (Å²) in [5.74, 6) is -0.473. The van der Waals surface area contributed by atoms with Gasteiger partial charge in [-0.1, -0.05) is 12.1 Å². The zero-order valence-corrected chi connectivity index (χ0v) is 7.44. The molecule has 0 saturated heterocycles. The summed E-state index contributed by atoms with van der Waals surface area (Å²) < 4.78 is 12.8. The van der Waals surface area contributed by atoms with Crippen LogP contribution in [-0.2, 0) is 0 Å². The van der Waals surface area contributed by atoms with Gasteiger partial charge in [0.2, 0.25) is 5.95 Å². The van der Waals surface area contributed by atoms with Gasteiger partial charge in [0.05, 0.1) is 0 Å². The lowest BCUT2D eigenvalue weighted by Crippen LogP contribution is -1.86. The van der Waals surface area contributed by atoms with Crippen molar-refractivity contribution in [3.63, 3.8) is 0 Å². The fraction of sp³-hybridized carbons (Fsp3) is 0. The first kappa shape index (κ1) is 8.69. The summed E-state index contributed by atoms with van der Waals surface area (Å²) in [6.07, 6.45) is 1.45. The molecule has 0 radical (unpaired) electrons. The van der Waals surface area contributed by atoms with E-state index < -0.39 is 5.95 Å². The van der Waals surface area contributed by atoms with E-state index in [-0.39, 0.29) is 0 Å². The molecule has 1 aromatic carbocycles. The van der Waals surface area contributed by atoms with E-state index in [0.29, 0.717) is 5.69 Å². The van der Waals surface area contributed by atoms with Crippen LogP contribution in [0, 0.1) is 5.95 Å². The van der Waals surface area contributed by atoms with Crippen LogP contribution < -0.4 is 5.73 Å². The third-order valence-electron chi connectivity index (χ3n) is 1.97. The predicted octanol–water partition coefficient (Wildman–Crippen LogP) is 2.47. The van der Waals surface area contributed by atoms with Gasteiger partial charge in [0.1, 0.15) is 0 Å². The Balaban J connectivity index is 2.44. The SMILES string of the molecule is Nc1ccc(-c2ccnc(F)c2)cc1. The maximum Gasteiger partial charge on any atom is 0.213 e. The number of anilines is 1. The minimum Gasteiger partial charge on any atom is -0.399 e. The Hall–Kier alpha value is -1.90. The number of halogens is 1.